The van der Waals surface area contributed by atoms with Crippen LogP contribution in [-0.2, 0) is 0 Å². The maximum absolute atomic E-state index is 8.75. The van der Waals surface area contributed by atoms with Gasteiger partial charge < -0.3 is 15.2 Å². The largest absolute Gasteiger partial charge is 0.491 e. The molecule has 0 fully saturated rings. The van der Waals surface area contributed by atoms with E-state index in [9.17, 15) is 0 Å². The highest BCUT2D eigenvalue weighted by molar-refractivity contribution is 5.62. The molecule has 0 saturated heterocycles. The maximum atomic E-state index is 8.75. The van der Waals surface area contributed by atoms with Gasteiger partial charge in [-0.15, -0.1) is 5.10 Å². The van der Waals surface area contributed by atoms with Crippen molar-refractivity contribution < 1.29 is 9.84 Å². The minimum atomic E-state index is 0.000525. The standard InChI is InChI=1S/C17H18N4O2/c1-18-14-4-2-13(3-5-14)17-12-21(20-19-17)15-6-8-16(9-7-15)23-11-10-22/h2-9,12,18,22H,10-11H2,1H3. The summed E-state index contributed by atoms with van der Waals surface area (Å²) in [6.45, 7) is 0.288. The summed E-state index contributed by atoms with van der Waals surface area (Å²) < 4.78 is 7.06. The fourth-order valence-electron chi connectivity index (χ4n) is 2.19. The predicted molar refractivity (Wildman–Crippen MR) is 88.9 cm³/mol. The molecule has 0 amide bonds. The second-order valence-corrected chi connectivity index (χ2v) is 4.94. The number of hydrogen-bond donors (Lipinski definition) is 2. The highest BCUT2D eigenvalue weighted by Crippen LogP contribution is 2.21. The number of aliphatic hydroxyl groups excluding tert-OH is 1. The van der Waals surface area contributed by atoms with E-state index in [1.165, 1.54) is 0 Å². The number of benzene rings is 2. The molecule has 0 unspecified atom stereocenters. The van der Waals surface area contributed by atoms with Gasteiger partial charge in [0.15, 0.2) is 0 Å². The van der Waals surface area contributed by atoms with Crippen molar-refractivity contribution in [2.24, 2.45) is 0 Å². The minimum absolute atomic E-state index is 0.000525. The topological polar surface area (TPSA) is 72.2 Å². The van der Waals surface area contributed by atoms with Crippen LogP contribution in [-0.4, -0.2) is 40.4 Å². The van der Waals surface area contributed by atoms with Crippen molar-refractivity contribution in [2.75, 3.05) is 25.6 Å². The Labute approximate surface area is 134 Å². The van der Waals surface area contributed by atoms with Gasteiger partial charge in [0.25, 0.3) is 0 Å². The number of nitrogens with zero attached hydrogens (tertiary/aromatic N) is 3. The molecule has 6 heteroatoms. The second-order valence-electron chi connectivity index (χ2n) is 4.94. The molecule has 0 aliphatic carbocycles. The molecule has 0 aliphatic heterocycles. The molecule has 0 atom stereocenters. The van der Waals surface area contributed by atoms with Crippen molar-refractivity contribution in [3.63, 3.8) is 0 Å². The molecule has 118 valence electrons. The first-order chi connectivity index (χ1) is 11.3. The van der Waals surface area contributed by atoms with Crippen LogP contribution >= 0.6 is 0 Å². The Hall–Kier alpha value is -2.86. The van der Waals surface area contributed by atoms with Gasteiger partial charge in [-0.2, -0.15) is 0 Å². The molecule has 2 aromatic carbocycles. The van der Waals surface area contributed by atoms with Gasteiger partial charge in [0.1, 0.15) is 18.1 Å². The van der Waals surface area contributed by atoms with Crippen LogP contribution in [0, 0.1) is 0 Å². The molecule has 0 radical (unpaired) electrons. The minimum Gasteiger partial charge on any atom is -0.491 e. The highest BCUT2D eigenvalue weighted by Gasteiger charge is 2.05. The van der Waals surface area contributed by atoms with Crippen LogP contribution in [0.15, 0.2) is 54.7 Å². The van der Waals surface area contributed by atoms with Crippen molar-refractivity contribution in [1.29, 1.82) is 0 Å². The zero-order chi connectivity index (χ0) is 16.1. The predicted octanol–water partition coefficient (Wildman–Crippen LogP) is 2.35. The summed E-state index contributed by atoms with van der Waals surface area (Å²) in [5.41, 5.74) is 3.78. The Bertz CT molecular complexity index is 751. The van der Waals surface area contributed by atoms with E-state index in [4.69, 9.17) is 9.84 Å². The number of aliphatic hydroxyl groups is 1. The first kappa shape index (κ1) is 15.1. The molecular weight excluding hydrogens is 292 g/mol. The summed E-state index contributed by atoms with van der Waals surface area (Å²) in [5, 5.41) is 20.2. The van der Waals surface area contributed by atoms with Gasteiger partial charge in [-0.3, -0.25) is 0 Å². The van der Waals surface area contributed by atoms with Crippen molar-refractivity contribution in [3.8, 4) is 22.7 Å². The van der Waals surface area contributed by atoms with Crippen LogP contribution in [0.3, 0.4) is 0 Å². The summed E-state index contributed by atoms with van der Waals surface area (Å²) >= 11 is 0. The van der Waals surface area contributed by atoms with Gasteiger partial charge in [-0.25, -0.2) is 4.68 Å². The summed E-state index contributed by atoms with van der Waals surface area (Å²) in [6.07, 6.45) is 1.89. The van der Waals surface area contributed by atoms with E-state index in [0.29, 0.717) is 5.75 Å². The quantitative estimate of drug-likeness (QED) is 0.731. The molecule has 1 heterocycles. The Balaban J connectivity index is 1.78. The van der Waals surface area contributed by atoms with Crippen molar-refractivity contribution in [1.82, 2.24) is 15.0 Å². The lowest BCUT2D eigenvalue weighted by atomic mass is 10.1. The average molecular weight is 310 g/mol. The van der Waals surface area contributed by atoms with Gasteiger partial charge >= 0.3 is 0 Å². The molecule has 3 rings (SSSR count). The Morgan fingerprint density at radius 2 is 1.83 bits per heavy atom. The van der Waals surface area contributed by atoms with Crippen molar-refractivity contribution in [2.45, 2.75) is 0 Å². The number of aromatic nitrogens is 3. The molecule has 1 aromatic heterocycles. The zero-order valence-electron chi connectivity index (χ0n) is 12.8. The van der Waals surface area contributed by atoms with E-state index >= 15 is 0 Å². The van der Waals surface area contributed by atoms with E-state index in [2.05, 4.69) is 15.6 Å². The van der Waals surface area contributed by atoms with Crippen LogP contribution in [0.25, 0.3) is 16.9 Å². The maximum Gasteiger partial charge on any atom is 0.119 e. The molecule has 0 saturated carbocycles. The fourth-order valence-corrected chi connectivity index (χ4v) is 2.19. The van der Waals surface area contributed by atoms with Crippen molar-refractivity contribution in [3.05, 3.63) is 54.7 Å². The van der Waals surface area contributed by atoms with Crippen LogP contribution in [0.2, 0.25) is 0 Å². The molecule has 2 N–H and O–H groups in total. The van der Waals surface area contributed by atoms with Gasteiger partial charge in [0.05, 0.1) is 18.5 Å². The lowest BCUT2D eigenvalue weighted by molar-refractivity contribution is 0.201. The lowest BCUT2D eigenvalue weighted by Crippen LogP contribution is -2.01. The number of anilines is 1. The van der Waals surface area contributed by atoms with Crippen molar-refractivity contribution >= 4 is 5.69 Å². The first-order valence-electron chi connectivity index (χ1n) is 7.35. The molecule has 3 aromatic rings. The smallest absolute Gasteiger partial charge is 0.119 e. The lowest BCUT2D eigenvalue weighted by Gasteiger charge is -2.05. The van der Waals surface area contributed by atoms with Crippen LogP contribution in [0.1, 0.15) is 0 Å². The second kappa shape index (κ2) is 6.93. The molecule has 0 spiro atoms. The molecule has 6 nitrogen and oxygen atoms in total. The van der Waals surface area contributed by atoms with Gasteiger partial charge in [-0.1, -0.05) is 17.3 Å². The Kier molecular flexibility index (Phi) is 4.54. The molecule has 0 bridgehead atoms. The normalized spacial score (nSPS) is 10.5. The summed E-state index contributed by atoms with van der Waals surface area (Å²) in [4.78, 5) is 0. The van der Waals surface area contributed by atoms with Gasteiger partial charge in [0.2, 0.25) is 0 Å². The SMILES string of the molecule is CNc1ccc(-c2cn(-c3ccc(OCCO)cc3)nn2)cc1. The van der Waals surface area contributed by atoms with Crippen LogP contribution in [0.5, 0.6) is 5.75 Å². The van der Waals surface area contributed by atoms with E-state index < -0.39 is 0 Å². The van der Waals surface area contributed by atoms with Crippen LogP contribution < -0.4 is 10.1 Å². The Morgan fingerprint density at radius 3 is 2.48 bits per heavy atom. The number of ether oxygens (including phenoxy) is 1. The number of nitrogens with one attached hydrogen (secondary N) is 1. The van der Waals surface area contributed by atoms with E-state index in [-0.39, 0.29) is 13.2 Å². The molecule has 23 heavy (non-hydrogen) atoms. The van der Waals surface area contributed by atoms with Crippen LogP contribution in [0.4, 0.5) is 5.69 Å². The van der Waals surface area contributed by atoms with E-state index in [0.717, 1.165) is 22.6 Å². The fraction of sp³-hybridized carbons (Fsp3) is 0.176. The highest BCUT2D eigenvalue weighted by atomic mass is 16.5. The summed E-state index contributed by atoms with van der Waals surface area (Å²) in [6, 6.07) is 15.5. The zero-order valence-corrected chi connectivity index (χ0v) is 12.8. The Morgan fingerprint density at radius 1 is 1.09 bits per heavy atom. The van der Waals surface area contributed by atoms with Gasteiger partial charge in [0, 0.05) is 18.3 Å². The third-order valence-electron chi connectivity index (χ3n) is 3.42. The third-order valence-corrected chi connectivity index (χ3v) is 3.42. The van der Waals surface area contributed by atoms with E-state index in [1.54, 1.807) is 4.68 Å². The monoisotopic (exact) mass is 310 g/mol. The summed E-state index contributed by atoms with van der Waals surface area (Å²) in [7, 11) is 1.89. The summed E-state index contributed by atoms with van der Waals surface area (Å²) in [5.74, 6) is 0.714. The average Bonchev–Trinajstić information content (AvgIpc) is 3.10. The third kappa shape index (κ3) is 3.49. The number of rotatable bonds is 6. The van der Waals surface area contributed by atoms with Gasteiger partial charge in [-0.05, 0) is 36.4 Å². The molecule has 0 aliphatic rings. The molecular formula is C17H18N4O2. The first-order valence-corrected chi connectivity index (χ1v) is 7.35. The number of hydrogen-bond acceptors (Lipinski definition) is 5. The van der Waals surface area contributed by atoms with E-state index in [1.807, 2.05) is 61.8 Å².